The number of unbranched alkanes of at least 4 members (excludes halogenated alkanes) is 2. The average molecular weight is 485 g/mol. The molecule has 0 aromatic heterocycles. The summed E-state index contributed by atoms with van der Waals surface area (Å²) in [7, 11) is 1.61. The van der Waals surface area contributed by atoms with Gasteiger partial charge in [0.25, 0.3) is 5.24 Å². The third-order valence-corrected chi connectivity index (χ3v) is 6.46. The van der Waals surface area contributed by atoms with Crippen LogP contribution in [0.4, 0.5) is 10.5 Å². The van der Waals surface area contributed by atoms with Crippen molar-refractivity contribution in [1.82, 2.24) is 4.90 Å². The number of nitrogens with one attached hydrogen (secondary N) is 1. The number of carboxylic acid groups (broad SMARTS) is 1. The van der Waals surface area contributed by atoms with Crippen LogP contribution in [-0.4, -0.2) is 45.8 Å². The van der Waals surface area contributed by atoms with E-state index in [1.165, 1.54) is 12.1 Å². The lowest BCUT2D eigenvalue weighted by Gasteiger charge is -2.14. The second-order valence-electron chi connectivity index (χ2n) is 7.35. The number of ether oxygens (including phenoxy) is 1. The Morgan fingerprint density at radius 1 is 1.15 bits per heavy atom. The first kappa shape index (κ1) is 24.5. The molecule has 7 nitrogen and oxygen atoms in total. The summed E-state index contributed by atoms with van der Waals surface area (Å²) in [4.78, 5) is 38.4. The number of carbonyl (C=O) groups excluding carboxylic acids is 2. The minimum atomic E-state index is -1.04. The van der Waals surface area contributed by atoms with Crippen molar-refractivity contribution in [2.24, 2.45) is 0 Å². The Labute approximate surface area is 201 Å². The molecule has 9 heteroatoms. The minimum Gasteiger partial charge on any atom is -0.497 e. The Hall–Kier alpha value is -3.17. The lowest BCUT2D eigenvalue weighted by Crippen LogP contribution is -2.28. The summed E-state index contributed by atoms with van der Waals surface area (Å²) in [6, 6.07) is 13.7. The SMILES string of the molecule is COc1ccc(C=C2SC(=O)N(CCCCCC(=O)Nc3cccc(C(=O)O)c3)C2=S)cc1. The van der Waals surface area contributed by atoms with Crippen molar-refractivity contribution in [3.63, 3.8) is 0 Å². The van der Waals surface area contributed by atoms with Gasteiger partial charge in [0, 0.05) is 18.7 Å². The number of benzene rings is 2. The van der Waals surface area contributed by atoms with Crippen molar-refractivity contribution in [1.29, 1.82) is 0 Å². The van der Waals surface area contributed by atoms with Gasteiger partial charge in [0.15, 0.2) is 0 Å². The smallest absolute Gasteiger partial charge is 0.335 e. The molecule has 1 aliphatic rings. The van der Waals surface area contributed by atoms with Gasteiger partial charge in [-0.05, 0) is 66.6 Å². The van der Waals surface area contributed by atoms with Crippen LogP contribution in [0.1, 0.15) is 41.6 Å². The van der Waals surface area contributed by atoms with Crippen LogP contribution in [0.2, 0.25) is 0 Å². The number of nitrogens with zero attached hydrogens (tertiary/aromatic N) is 1. The summed E-state index contributed by atoms with van der Waals surface area (Å²) in [5.74, 6) is -0.454. The summed E-state index contributed by atoms with van der Waals surface area (Å²) in [6.07, 6.45) is 4.35. The number of amides is 2. The van der Waals surface area contributed by atoms with Crippen molar-refractivity contribution in [3.8, 4) is 5.75 Å². The number of thiocarbonyl (C=S) groups is 1. The third-order valence-electron chi connectivity index (χ3n) is 4.97. The lowest BCUT2D eigenvalue weighted by atomic mass is 10.1. The number of rotatable bonds is 10. The number of aromatic carboxylic acids is 1. The van der Waals surface area contributed by atoms with Gasteiger partial charge in [0.05, 0.1) is 17.6 Å². The molecule has 2 aromatic carbocycles. The van der Waals surface area contributed by atoms with E-state index in [9.17, 15) is 14.4 Å². The van der Waals surface area contributed by atoms with E-state index in [0.29, 0.717) is 30.1 Å². The van der Waals surface area contributed by atoms with Gasteiger partial charge in [0.2, 0.25) is 5.91 Å². The first-order valence-electron chi connectivity index (χ1n) is 10.4. The Kier molecular flexibility index (Phi) is 8.62. The van der Waals surface area contributed by atoms with Crippen LogP contribution in [0, 0.1) is 0 Å². The Balaban J connectivity index is 1.42. The molecule has 0 spiro atoms. The van der Waals surface area contributed by atoms with Crippen molar-refractivity contribution in [3.05, 3.63) is 64.6 Å². The molecule has 0 aliphatic carbocycles. The Morgan fingerprint density at radius 2 is 1.91 bits per heavy atom. The molecular formula is C24H24N2O5S2. The van der Waals surface area contributed by atoms with Crippen molar-refractivity contribution < 1.29 is 24.2 Å². The van der Waals surface area contributed by atoms with E-state index in [-0.39, 0.29) is 16.7 Å². The Morgan fingerprint density at radius 3 is 2.61 bits per heavy atom. The summed E-state index contributed by atoms with van der Waals surface area (Å²) in [5.41, 5.74) is 1.52. The molecule has 1 saturated heterocycles. The van der Waals surface area contributed by atoms with Crippen LogP contribution < -0.4 is 10.1 Å². The molecule has 0 bridgehead atoms. The van der Waals surface area contributed by atoms with E-state index < -0.39 is 5.97 Å². The molecule has 0 unspecified atom stereocenters. The molecule has 1 fully saturated rings. The van der Waals surface area contributed by atoms with E-state index in [4.69, 9.17) is 22.1 Å². The first-order chi connectivity index (χ1) is 15.9. The highest BCUT2D eigenvalue weighted by atomic mass is 32.2. The zero-order valence-corrected chi connectivity index (χ0v) is 19.7. The van der Waals surface area contributed by atoms with Crippen LogP contribution in [0.25, 0.3) is 6.08 Å². The molecule has 0 atom stereocenters. The van der Waals surface area contributed by atoms with E-state index in [1.54, 1.807) is 24.1 Å². The fourth-order valence-corrected chi connectivity index (χ4v) is 4.52. The van der Waals surface area contributed by atoms with E-state index in [2.05, 4.69) is 5.32 Å². The number of carbonyl (C=O) groups is 3. The maximum Gasteiger partial charge on any atom is 0.335 e. The summed E-state index contributed by atoms with van der Waals surface area (Å²) < 4.78 is 5.16. The largest absolute Gasteiger partial charge is 0.497 e. The lowest BCUT2D eigenvalue weighted by molar-refractivity contribution is -0.116. The van der Waals surface area contributed by atoms with Gasteiger partial charge in [-0.3, -0.25) is 14.5 Å². The zero-order valence-electron chi connectivity index (χ0n) is 18.1. The number of methoxy groups -OCH3 is 1. The first-order valence-corrected chi connectivity index (χ1v) is 11.6. The molecule has 1 heterocycles. The van der Waals surface area contributed by atoms with Gasteiger partial charge in [-0.15, -0.1) is 0 Å². The summed E-state index contributed by atoms with van der Waals surface area (Å²) >= 11 is 6.62. The van der Waals surface area contributed by atoms with Crippen LogP contribution >= 0.6 is 24.0 Å². The molecule has 2 amide bonds. The molecule has 33 heavy (non-hydrogen) atoms. The maximum atomic E-state index is 12.4. The molecule has 0 radical (unpaired) electrons. The third kappa shape index (κ3) is 6.90. The number of anilines is 1. The van der Waals surface area contributed by atoms with Crippen LogP contribution in [0.3, 0.4) is 0 Å². The van der Waals surface area contributed by atoms with Gasteiger partial charge in [-0.1, -0.05) is 36.8 Å². The molecule has 2 aromatic rings. The highest BCUT2D eigenvalue weighted by molar-refractivity contribution is 8.19. The number of hydrogen-bond acceptors (Lipinski definition) is 6. The Bertz CT molecular complexity index is 1080. The van der Waals surface area contributed by atoms with Crippen LogP contribution in [0.15, 0.2) is 53.4 Å². The van der Waals surface area contributed by atoms with Crippen LogP contribution in [-0.2, 0) is 4.79 Å². The quantitative estimate of drug-likeness (QED) is 0.264. The van der Waals surface area contributed by atoms with E-state index in [1.807, 2.05) is 30.3 Å². The minimum absolute atomic E-state index is 0.0872. The van der Waals surface area contributed by atoms with Gasteiger partial charge < -0.3 is 15.2 Å². The van der Waals surface area contributed by atoms with Gasteiger partial charge in [-0.25, -0.2) is 4.79 Å². The second-order valence-corrected chi connectivity index (χ2v) is 8.73. The van der Waals surface area contributed by atoms with E-state index >= 15 is 0 Å². The molecule has 2 N–H and O–H groups in total. The molecule has 3 rings (SSSR count). The standard InChI is InChI=1S/C24H24N2O5S2/c1-31-19-11-9-16(10-12-19)14-20-22(32)26(24(30)33-20)13-4-2-3-8-21(27)25-18-7-5-6-17(15-18)23(28)29/h5-7,9-12,14-15H,2-4,8,13H2,1H3,(H,25,27)(H,28,29). The second kappa shape index (κ2) is 11.6. The van der Waals surface area contributed by atoms with Crippen molar-refractivity contribution >= 4 is 57.8 Å². The monoisotopic (exact) mass is 484 g/mol. The predicted octanol–water partition coefficient (Wildman–Crippen LogP) is 5.43. The van der Waals surface area contributed by atoms with Crippen molar-refractivity contribution in [2.45, 2.75) is 25.7 Å². The topological polar surface area (TPSA) is 95.9 Å². The van der Waals surface area contributed by atoms with Gasteiger partial charge in [0.1, 0.15) is 10.7 Å². The summed E-state index contributed by atoms with van der Waals surface area (Å²) in [6.45, 7) is 0.507. The van der Waals surface area contributed by atoms with E-state index in [0.717, 1.165) is 40.8 Å². The number of thioether (sulfide) groups is 1. The fourth-order valence-electron chi connectivity index (χ4n) is 3.23. The molecule has 172 valence electrons. The zero-order chi connectivity index (χ0) is 23.8. The van der Waals surface area contributed by atoms with Gasteiger partial charge >= 0.3 is 5.97 Å². The average Bonchev–Trinajstić information content (AvgIpc) is 3.06. The number of hydrogen-bond donors (Lipinski definition) is 2. The van der Waals surface area contributed by atoms with Gasteiger partial charge in [-0.2, -0.15) is 0 Å². The summed E-state index contributed by atoms with van der Waals surface area (Å²) in [5, 5.41) is 11.6. The molecular weight excluding hydrogens is 460 g/mol. The van der Waals surface area contributed by atoms with Crippen LogP contribution in [0.5, 0.6) is 5.75 Å². The highest BCUT2D eigenvalue weighted by Crippen LogP contribution is 2.33. The normalized spacial score (nSPS) is 14.6. The predicted molar refractivity (Wildman–Crippen MR) is 134 cm³/mol. The number of carboxylic acids is 1. The maximum absolute atomic E-state index is 12.4. The highest BCUT2D eigenvalue weighted by Gasteiger charge is 2.31. The van der Waals surface area contributed by atoms with Crippen molar-refractivity contribution in [2.75, 3.05) is 19.0 Å². The fraction of sp³-hybridized carbons (Fsp3) is 0.250. The molecule has 1 aliphatic heterocycles. The molecule has 0 saturated carbocycles.